The van der Waals surface area contributed by atoms with Crippen LogP contribution >= 0.6 is 0 Å². The summed E-state index contributed by atoms with van der Waals surface area (Å²) in [6.07, 6.45) is 1.81. The van der Waals surface area contributed by atoms with Gasteiger partial charge in [-0.2, -0.15) is 4.31 Å². The summed E-state index contributed by atoms with van der Waals surface area (Å²) in [5.41, 5.74) is 0. The zero-order valence-electron chi connectivity index (χ0n) is 11.1. The van der Waals surface area contributed by atoms with Gasteiger partial charge in [-0.25, -0.2) is 8.42 Å². The Kier molecular flexibility index (Phi) is 8.77. The lowest BCUT2D eigenvalue weighted by molar-refractivity contribution is 0.167. The van der Waals surface area contributed by atoms with Gasteiger partial charge in [-0.3, -0.25) is 0 Å². The van der Waals surface area contributed by atoms with E-state index in [9.17, 15) is 8.42 Å². The summed E-state index contributed by atoms with van der Waals surface area (Å²) in [5.74, 6) is 0.0988. The third-order valence-electron chi connectivity index (χ3n) is 2.77. The Balaban J connectivity index is 4.53. The van der Waals surface area contributed by atoms with Crippen molar-refractivity contribution in [2.75, 3.05) is 32.6 Å². The fraction of sp³-hybridized carbons (Fsp3) is 1.00. The molecular formula is C11H25NO4S. The monoisotopic (exact) mass is 267 g/mol. The van der Waals surface area contributed by atoms with Crippen molar-refractivity contribution >= 4 is 10.0 Å². The van der Waals surface area contributed by atoms with Crippen LogP contribution < -0.4 is 0 Å². The summed E-state index contributed by atoms with van der Waals surface area (Å²) in [4.78, 5) is 0. The number of aliphatic hydroxyl groups excluding tert-OH is 1. The van der Waals surface area contributed by atoms with Gasteiger partial charge in [0.1, 0.15) is 0 Å². The molecule has 0 radical (unpaired) electrons. The molecule has 0 aliphatic carbocycles. The number of ether oxygens (including phenoxy) is 1. The number of aliphatic hydroxyl groups is 1. The number of sulfonamides is 1. The van der Waals surface area contributed by atoms with E-state index >= 15 is 0 Å². The van der Waals surface area contributed by atoms with Crippen LogP contribution in [-0.2, 0) is 14.8 Å². The molecule has 6 heteroatoms. The Morgan fingerprint density at radius 1 is 1.35 bits per heavy atom. The van der Waals surface area contributed by atoms with E-state index in [1.54, 1.807) is 7.11 Å². The van der Waals surface area contributed by atoms with Crippen LogP contribution in [0.3, 0.4) is 0 Å². The van der Waals surface area contributed by atoms with Crippen molar-refractivity contribution in [3.63, 3.8) is 0 Å². The average molecular weight is 267 g/mol. The van der Waals surface area contributed by atoms with Crippen LogP contribution in [0.2, 0.25) is 0 Å². The van der Waals surface area contributed by atoms with Gasteiger partial charge in [-0.05, 0) is 26.2 Å². The van der Waals surface area contributed by atoms with Crippen molar-refractivity contribution in [2.45, 2.75) is 39.2 Å². The molecule has 104 valence electrons. The molecule has 0 aliphatic heterocycles. The highest BCUT2D eigenvalue weighted by Gasteiger charge is 2.25. The molecule has 1 N–H and O–H groups in total. The number of hydrogen-bond acceptors (Lipinski definition) is 4. The maximum absolute atomic E-state index is 12.1. The summed E-state index contributed by atoms with van der Waals surface area (Å²) < 4.78 is 30.7. The minimum Gasteiger partial charge on any atom is -0.396 e. The van der Waals surface area contributed by atoms with E-state index < -0.39 is 10.0 Å². The van der Waals surface area contributed by atoms with Gasteiger partial charge in [0.2, 0.25) is 10.0 Å². The molecular weight excluding hydrogens is 242 g/mol. The summed E-state index contributed by atoms with van der Waals surface area (Å²) >= 11 is 0. The molecule has 0 bridgehead atoms. The summed E-state index contributed by atoms with van der Waals surface area (Å²) in [5, 5.41) is 8.67. The molecule has 0 fully saturated rings. The second-order valence-corrected chi connectivity index (χ2v) is 6.15. The van der Waals surface area contributed by atoms with E-state index in [0.29, 0.717) is 26.0 Å². The smallest absolute Gasteiger partial charge is 0.214 e. The SMILES string of the molecule is CCC(C)N(CCOC)S(=O)(=O)CCCCO. The van der Waals surface area contributed by atoms with E-state index in [1.165, 1.54) is 4.31 Å². The normalized spacial score (nSPS) is 14.2. The van der Waals surface area contributed by atoms with Crippen LogP contribution in [0.1, 0.15) is 33.1 Å². The second kappa shape index (κ2) is 8.85. The first-order valence-corrected chi connectivity index (χ1v) is 7.69. The molecule has 0 aromatic carbocycles. The Morgan fingerprint density at radius 2 is 2.00 bits per heavy atom. The highest BCUT2D eigenvalue weighted by atomic mass is 32.2. The zero-order valence-corrected chi connectivity index (χ0v) is 11.9. The van der Waals surface area contributed by atoms with Gasteiger partial charge < -0.3 is 9.84 Å². The topological polar surface area (TPSA) is 66.8 Å². The van der Waals surface area contributed by atoms with Crippen molar-refractivity contribution in [3.8, 4) is 0 Å². The molecule has 0 heterocycles. The van der Waals surface area contributed by atoms with E-state index in [0.717, 1.165) is 6.42 Å². The van der Waals surface area contributed by atoms with Crippen molar-refractivity contribution in [1.29, 1.82) is 0 Å². The molecule has 0 aromatic rings. The van der Waals surface area contributed by atoms with Crippen LogP contribution in [0, 0.1) is 0 Å². The van der Waals surface area contributed by atoms with E-state index in [4.69, 9.17) is 9.84 Å². The Bertz CT molecular complexity index is 279. The van der Waals surface area contributed by atoms with Gasteiger partial charge in [0.05, 0.1) is 12.4 Å². The number of methoxy groups -OCH3 is 1. The van der Waals surface area contributed by atoms with Crippen LogP contribution in [-0.4, -0.2) is 56.5 Å². The lowest BCUT2D eigenvalue weighted by Gasteiger charge is -2.27. The standard InChI is InChI=1S/C11H25NO4S/c1-4-11(2)12(7-9-16-3)17(14,15)10-6-5-8-13/h11,13H,4-10H2,1-3H3. The highest BCUT2D eigenvalue weighted by molar-refractivity contribution is 7.89. The molecule has 1 unspecified atom stereocenters. The third-order valence-corrected chi connectivity index (χ3v) is 4.83. The Hall–Kier alpha value is -0.170. The second-order valence-electron chi connectivity index (χ2n) is 4.11. The molecule has 0 saturated heterocycles. The van der Waals surface area contributed by atoms with E-state index in [2.05, 4.69) is 0 Å². The first-order valence-electron chi connectivity index (χ1n) is 6.08. The molecule has 0 amide bonds. The van der Waals surface area contributed by atoms with Crippen molar-refractivity contribution in [3.05, 3.63) is 0 Å². The predicted molar refractivity (Wildman–Crippen MR) is 68.4 cm³/mol. The number of hydrogen-bond donors (Lipinski definition) is 1. The first kappa shape index (κ1) is 16.8. The molecule has 0 rings (SSSR count). The van der Waals surface area contributed by atoms with E-state index in [-0.39, 0.29) is 18.4 Å². The van der Waals surface area contributed by atoms with Gasteiger partial charge >= 0.3 is 0 Å². The van der Waals surface area contributed by atoms with Gasteiger partial charge in [0.25, 0.3) is 0 Å². The summed E-state index contributed by atoms with van der Waals surface area (Å²) in [7, 11) is -1.67. The highest BCUT2D eigenvalue weighted by Crippen LogP contribution is 2.12. The third kappa shape index (κ3) is 6.35. The first-order chi connectivity index (χ1) is 7.99. The van der Waals surface area contributed by atoms with Crippen molar-refractivity contribution < 1.29 is 18.3 Å². The minimum absolute atomic E-state index is 0.00993. The van der Waals surface area contributed by atoms with Crippen molar-refractivity contribution in [2.24, 2.45) is 0 Å². The molecule has 1 atom stereocenters. The summed E-state index contributed by atoms with van der Waals surface area (Å²) in [6.45, 7) is 4.71. The number of nitrogens with zero attached hydrogens (tertiary/aromatic N) is 1. The van der Waals surface area contributed by atoms with Crippen LogP contribution in [0.25, 0.3) is 0 Å². The van der Waals surface area contributed by atoms with E-state index in [1.807, 2.05) is 13.8 Å². The molecule has 0 spiro atoms. The van der Waals surface area contributed by atoms with Gasteiger partial charge in [0.15, 0.2) is 0 Å². The van der Waals surface area contributed by atoms with Crippen molar-refractivity contribution in [1.82, 2.24) is 4.31 Å². The van der Waals surface area contributed by atoms with Gasteiger partial charge in [-0.15, -0.1) is 0 Å². The van der Waals surface area contributed by atoms with Gasteiger partial charge in [0, 0.05) is 26.3 Å². The Labute approximate surface area is 105 Å². The zero-order chi connectivity index (χ0) is 13.3. The molecule has 0 aliphatic rings. The largest absolute Gasteiger partial charge is 0.396 e. The maximum atomic E-state index is 12.1. The predicted octanol–water partition coefficient (Wildman–Crippen LogP) is 0.836. The fourth-order valence-electron chi connectivity index (χ4n) is 1.53. The van der Waals surface area contributed by atoms with Gasteiger partial charge in [-0.1, -0.05) is 6.92 Å². The average Bonchev–Trinajstić information content (AvgIpc) is 2.29. The molecule has 5 nitrogen and oxygen atoms in total. The molecule has 0 aromatic heterocycles. The molecule has 17 heavy (non-hydrogen) atoms. The molecule has 0 saturated carbocycles. The van der Waals surface area contributed by atoms with Crippen LogP contribution in [0.15, 0.2) is 0 Å². The summed E-state index contributed by atoms with van der Waals surface area (Å²) in [6, 6.07) is -0.00993. The van der Waals surface area contributed by atoms with Crippen LogP contribution in [0.4, 0.5) is 0 Å². The minimum atomic E-state index is -3.24. The fourth-order valence-corrected chi connectivity index (χ4v) is 3.39. The Morgan fingerprint density at radius 3 is 2.47 bits per heavy atom. The lowest BCUT2D eigenvalue weighted by atomic mass is 10.3. The quantitative estimate of drug-likeness (QED) is 0.596. The number of rotatable bonds is 10. The lowest BCUT2D eigenvalue weighted by Crippen LogP contribution is -2.41. The number of unbranched alkanes of at least 4 members (excludes halogenated alkanes) is 1. The maximum Gasteiger partial charge on any atom is 0.214 e. The van der Waals surface area contributed by atoms with Crippen LogP contribution in [0.5, 0.6) is 0 Å².